The van der Waals surface area contributed by atoms with Crippen LogP contribution < -0.4 is 5.56 Å². The molecule has 1 heterocycles. The Morgan fingerprint density at radius 2 is 2.13 bits per heavy atom. The molecule has 2 rings (SSSR count). The first-order valence-corrected chi connectivity index (χ1v) is 4.78. The van der Waals surface area contributed by atoms with Crippen molar-refractivity contribution in [2.45, 2.75) is 19.8 Å². The lowest BCUT2D eigenvalue weighted by Crippen LogP contribution is -2.13. The van der Waals surface area contributed by atoms with Crippen LogP contribution in [0.25, 0.3) is 10.9 Å². The molecule has 0 saturated heterocycles. The summed E-state index contributed by atoms with van der Waals surface area (Å²) in [7, 11) is 0. The van der Waals surface area contributed by atoms with Gasteiger partial charge in [-0.15, -0.1) is 0 Å². The molecule has 0 radical (unpaired) electrons. The molecule has 2 aromatic rings. The van der Waals surface area contributed by atoms with Crippen LogP contribution in [0.15, 0.2) is 23.0 Å². The van der Waals surface area contributed by atoms with E-state index in [4.69, 9.17) is 0 Å². The predicted molar refractivity (Wildman–Crippen MR) is 56.4 cm³/mol. The number of H-pyrrole nitrogens is 1. The first kappa shape index (κ1) is 9.83. The summed E-state index contributed by atoms with van der Waals surface area (Å²) >= 11 is 0. The lowest BCUT2D eigenvalue weighted by Gasteiger charge is -2.05. The van der Waals surface area contributed by atoms with Gasteiger partial charge in [0.2, 0.25) is 0 Å². The SMILES string of the molecule is CC(C)c1nc2cccc(F)c2c(=O)[nH]1. The average molecular weight is 206 g/mol. The number of benzene rings is 1. The minimum atomic E-state index is -0.531. The van der Waals surface area contributed by atoms with Gasteiger partial charge in [-0.1, -0.05) is 19.9 Å². The van der Waals surface area contributed by atoms with Crippen molar-refractivity contribution in [3.8, 4) is 0 Å². The monoisotopic (exact) mass is 206 g/mol. The number of hydrogen-bond donors (Lipinski definition) is 1. The first-order chi connectivity index (χ1) is 7.09. The van der Waals surface area contributed by atoms with Crippen LogP contribution in [0.3, 0.4) is 0 Å². The lowest BCUT2D eigenvalue weighted by atomic mass is 10.2. The highest BCUT2D eigenvalue weighted by atomic mass is 19.1. The maximum atomic E-state index is 13.3. The maximum absolute atomic E-state index is 13.3. The Labute approximate surface area is 86.0 Å². The van der Waals surface area contributed by atoms with E-state index in [2.05, 4.69) is 9.97 Å². The molecule has 0 atom stereocenters. The molecule has 1 N–H and O–H groups in total. The van der Waals surface area contributed by atoms with Gasteiger partial charge in [0.25, 0.3) is 5.56 Å². The third-order valence-electron chi connectivity index (χ3n) is 2.25. The molecule has 1 aromatic heterocycles. The van der Waals surface area contributed by atoms with E-state index in [1.165, 1.54) is 6.07 Å². The van der Waals surface area contributed by atoms with Crippen LogP contribution in [0.2, 0.25) is 0 Å². The van der Waals surface area contributed by atoms with Gasteiger partial charge in [-0.2, -0.15) is 0 Å². The van der Waals surface area contributed by atoms with Crippen molar-refractivity contribution in [2.75, 3.05) is 0 Å². The van der Waals surface area contributed by atoms with Crippen molar-refractivity contribution in [3.05, 3.63) is 40.2 Å². The summed E-state index contributed by atoms with van der Waals surface area (Å²) in [6.07, 6.45) is 0. The molecule has 1 aromatic carbocycles. The van der Waals surface area contributed by atoms with Crippen LogP contribution in [-0.2, 0) is 0 Å². The molecule has 0 aliphatic heterocycles. The summed E-state index contributed by atoms with van der Waals surface area (Å²) in [5.41, 5.74) is -0.00995. The molecular weight excluding hydrogens is 195 g/mol. The summed E-state index contributed by atoms with van der Waals surface area (Å²) < 4.78 is 13.3. The predicted octanol–water partition coefficient (Wildman–Crippen LogP) is 2.19. The second-order valence-corrected chi connectivity index (χ2v) is 3.74. The molecule has 0 unspecified atom stereocenters. The van der Waals surface area contributed by atoms with Gasteiger partial charge in [-0.25, -0.2) is 9.37 Å². The fraction of sp³-hybridized carbons (Fsp3) is 0.273. The van der Waals surface area contributed by atoms with E-state index in [9.17, 15) is 9.18 Å². The highest BCUT2D eigenvalue weighted by Gasteiger charge is 2.09. The molecule has 0 aliphatic rings. The van der Waals surface area contributed by atoms with Gasteiger partial charge in [0.1, 0.15) is 17.0 Å². The fourth-order valence-corrected chi connectivity index (χ4v) is 1.44. The summed E-state index contributed by atoms with van der Waals surface area (Å²) in [4.78, 5) is 18.4. The second kappa shape index (κ2) is 3.46. The largest absolute Gasteiger partial charge is 0.310 e. The van der Waals surface area contributed by atoms with Crippen LogP contribution >= 0.6 is 0 Å². The summed E-state index contributed by atoms with van der Waals surface area (Å²) in [5, 5.41) is 0.0295. The van der Waals surface area contributed by atoms with Crippen LogP contribution in [0.1, 0.15) is 25.6 Å². The Kier molecular flexibility index (Phi) is 2.26. The van der Waals surface area contributed by atoms with Crippen molar-refractivity contribution in [2.24, 2.45) is 0 Å². The van der Waals surface area contributed by atoms with Gasteiger partial charge in [0.05, 0.1) is 5.52 Å². The maximum Gasteiger partial charge on any atom is 0.261 e. The molecule has 3 nitrogen and oxygen atoms in total. The van der Waals surface area contributed by atoms with Gasteiger partial charge < -0.3 is 4.98 Å². The molecule has 0 spiro atoms. The van der Waals surface area contributed by atoms with Crippen LogP contribution in [0, 0.1) is 5.82 Å². The number of halogens is 1. The molecule has 0 aliphatic carbocycles. The molecular formula is C11H11FN2O. The average Bonchev–Trinajstić information content (AvgIpc) is 2.17. The number of aromatic amines is 1. The zero-order chi connectivity index (χ0) is 11.0. The van der Waals surface area contributed by atoms with Crippen molar-refractivity contribution in [1.29, 1.82) is 0 Å². The topological polar surface area (TPSA) is 45.8 Å². The Morgan fingerprint density at radius 1 is 1.40 bits per heavy atom. The second-order valence-electron chi connectivity index (χ2n) is 3.74. The van der Waals surface area contributed by atoms with Crippen molar-refractivity contribution >= 4 is 10.9 Å². The number of nitrogens with zero attached hydrogens (tertiary/aromatic N) is 1. The molecule has 0 amide bonds. The lowest BCUT2D eigenvalue weighted by molar-refractivity contribution is 0.637. The molecule has 15 heavy (non-hydrogen) atoms. The van der Waals surface area contributed by atoms with Crippen LogP contribution in [0.4, 0.5) is 4.39 Å². The molecule has 0 saturated carbocycles. The van der Waals surface area contributed by atoms with Gasteiger partial charge in [-0.3, -0.25) is 4.79 Å². The van der Waals surface area contributed by atoms with Crippen molar-refractivity contribution < 1.29 is 4.39 Å². The zero-order valence-electron chi connectivity index (χ0n) is 8.54. The number of aromatic nitrogens is 2. The summed E-state index contributed by atoms with van der Waals surface area (Å²) in [6.45, 7) is 3.84. The van der Waals surface area contributed by atoms with Gasteiger partial charge in [0.15, 0.2) is 0 Å². The summed E-state index contributed by atoms with van der Waals surface area (Å²) in [5.74, 6) is 0.167. The Hall–Kier alpha value is -1.71. The van der Waals surface area contributed by atoms with E-state index in [1.807, 2.05) is 13.8 Å². The van der Waals surface area contributed by atoms with Crippen molar-refractivity contribution in [1.82, 2.24) is 9.97 Å². The standard InChI is InChI=1S/C11H11FN2O/c1-6(2)10-13-8-5-3-4-7(12)9(8)11(15)14-10/h3-6H,1-2H3,(H,13,14,15). The van der Waals surface area contributed by atoms with E-state index >= 15 is 0 Å². The van der Waals surface area contributed by atoms with E-state index in [0.717, 1.165) is 0 Å². The number of fused-ring (bicyclic) bond motifs is 1. The Bertz CT molecular complexity index is 560. The van der Waals surface area contributed by atoms with Gasteiger partial charge >= 0.3 is 0 Å². The van der Waals surface area contributed by atoms with Gasteiger partial charge in [-0.05, 0) is 12.1 Å². The minimum absolute atomic E-state index is 0.0295. The molecule has 4 heteroatoms. The fourth-order valence-electron chi connectivity index (χ4n) is 1.44. The van der Waals surface area contributed by atoms with E-state index in [0.29, 0.717) is 11.3 Å². The third kappa shape index (κ3) is 1.63. The zero-order valence-corrected chi connectivity index (χ0v) is 8.54. The van der Waals surface area contributed by atoms with E-state index in [1.54, 1.807) is 12.1 Å². The van der Waals surface area contributed by atoms with Crippen LogP contribution in [-0.4, -0.2) is 9.97 Å². The molecule has 0 fully saturated rings. The number of hydrogen-bond acceptors (Lipinski definition) is 2. The first-order valence-electron chi connectivity index (χ1n) is 4.78. The van der Waals surface area contributed by atoms with Gasteiger partial charge in [0, 0.05) is 5.92 Å². The normalized spacial score (nSPS) is 11.2. The van der Waals surface area contributed by atoms with Crippen LogP contribution in [0.5, 0.6) is 0 Å². The Morgan fingerprint density at radius 3 is 2.80 bits per heavy atom. The molecule has 78 valence electrons. The van der Waals surface area contributed by atoms with E-state index in [-0.39, 0.29) is 11.3 Å². The quantitative estimate of drug-likeness (QED) is 0.777. The highest BCUT2D eigenvalue weighted by Crippen LogP contribution is 2.14. The summed E-state index contributed by atoms with van der Waals surface area (Å²) in [6, 6.07) is 4.45. The third-order valence-corrected chi connectivity index (χ3v) is 2.25. The number of rotatable bonds is 1. The van der Waals surface area contributed by atoms with E-state index < -0.39 is 11.4 Å². The number of nitrogens with one attached hydrogen (secondary N) is 1. The minimum Gasteiger partial charge on any atom is -0.310 e. The molecule has 0 bridgehead atoms. The highest BCUT2D eigenvalue weighted by molar-refractivity contribution is 5.77. The smallest absolute Gasteiger partial charge is 0.261 e. The van der Waals surface area contributed by atoms with Crippen molar-refractivity contribution in [3.63, 3.8) is 0 Å². The Balaban J connectivity index is 2.85.